The molecule has 4 N–H and O–H groups in total. The Bertz CT molecular complexity index is 527. The van der Waals surface area contributed by atoms with Gasteiger partial charge in [0.25, 0.3) is 0 Å². The molecule has 0 saturated carbocycles. The van der Waals surface area contributed by atoms with Gasteiger partial charge in [0, 0.05) is 6.54 Å². The maximum absolute atomic E-state index is 12.5. The van der Waals surface area contributed by atoms with E-state index in [1.807, 2.05) is 20.8 Å². The first-order chi connectivity index (χ1) is 11.5. The Hall–Kier alpha value is -2.16. The van der Waals surface area contributed by atoms with Crippen molar-refractivity contribution in [2.24, 2.45) is 11.3 Å². The highest BCUT2D eigenvalue weighted by Crippen LogP contribution is 2.13. The van der Waals surface area contributed by atoms with Crippen molar-refractivity contribution in [1.29, 1.82) is 0 Å². The number of hydrogen-bond donors (Lipinski definition) is 4. The molecular formula is C16H28N4O5. The predicted molar refractivity (Wildman–Crippen MR) is 90.3 cm³/mol. The van der Waals surface area contributed by atoms with Crippen molar-refractivity contribution in [1.82, 2.24) is 21.5 Å². The molecule has 0 aromatic rings. The zero-order chi connectivity index (χ0) is 19.2. The predicted octanol–water partition coefficient (Wildman–Crippen LogP) is -0.138. The van der Waals surface area contributed by atoms with Gasteiger partial charge in [-0.1, -0.05) is 34.6 Å². The maximum atomic E-state index is 12.5. The number of alkyl carbamates (subject to hydrolysis) is 1. The lowest BCUT2D eigenvalue weighted by Crippen LogP contribution is -2.55. The molecule has 3 amide bonds. The van der Waals surface area contributed by atoms with Gasteiger partial charge < -0.3 is 15.4 Å². The molecule has 2 atom stereocenters. The second kappa shape index (κ2) is 8.80. The van der Waals surface area contributed by atoms with Crippen LogP contribution in [-0.4, -0.2) is 48.9 Å². The average molecular weight is 356 g/mol. The van der Waals surface area contributed by atoms with Crippen molar-refractivity contribution >= 4 is 23.7 Å². The summed E-state index contributed by atoms with van der Waals surface area (Å²) in [6, 6.07) is -1.81. The number of amides is 3. The number of ether oxygens (including phenoxy) is 1. The van der Waals surface area contributed by atoms with Crippen LogP contribution in [0.2, 0.25) is 0 Å². The first-order valence-electron chi connectivity index (χ1n) is 8.32. The van der Waals surface area contributed by atoms with Crippen LogP contribution in [0.15, 0.2) is 0 Å². The Kier molecular flexibility index (Phi) is 7.35. The van der Waals surface area contributed by atoms with Gasteiger partial charge in [0.05, 0.1) is 12.6 Å². The largest absolute Gasteiger partial charge is 0.449 e. The van der Waals surface area contributed by atoms with Gasteiger partial charge in [-0.05, 0) is 17.8 Å². The van der Waals surface area contributed by atoms with Gasteiger partial charge in [0.15, 0.2) is 0 Å². The second-order valence-electron chi connectivity index (χ2n) is 7.60. The van der Waals surface area contributed by atoms with E-state index in [4.69, 9.17) is 4.74 Å². The van der Waals surface area contributed by atoms with Gasteiger partial charge in [0.2, 0.25) is 11.7 Å². The second-order valence-corrected chi connectivity index (χ2v) is 7.60. The number of carbonyl (C=O) groups excluding carboxylic acids is 4. The number of hydrogen-bond acceptors (Lipinski definition) is 6. The topological polar surface area (TPSA) is 126 Å². The number of carbonyl (C=O) groups is 4. The van der Waals surface area contributed by atoms with Crippen LogP contribution in [0.25, 0.3) is 0 Å². The number of rotatable bonds is 5. The van der Waals surface area contributed by atoms with Gasteiger partial charge in [-0.15, -0.1) is 0 Å². The van der Waals surface area contributed by atoms with E-state index < -0.39 is 35.8 Å². The smallest absolute Gasteiger partial charge is 0.407 e. The molecule has 0 spiro atoms. The van der Waals surface area contributed by atoms with Crippen LogP contribution in [0.4, 0.5) is 4.79 Å². The third-order valence-corrected chi connectivity index (χ3v) is 3.48. The van der Waals surface area contributed by atoms with E-state index in [-0.39, 0.29) is 24.4 Å². The molecule has 1 aliphatic heterocycles. The third kappa shape index (κ3) is 7.08. The van der Waals surface area contributed by atoms with E-state index in [2.05, 4.69) is 21.5 Å². The SMILES string of the molecule is CC(C)C(NC(=O)OCC(C)(C)C)C(=O)NC1CCNNC(=O)C1=O. The lowest BCUT2D eigenvalue weighted by atomic mass is 9.99. The Morgan fingerprint density at radius 1 is 1.28 bits per heavy atom. The number of nitrogens with one attached hydrogen (secondary N) is 4. The number of ketones is 1. The van der Waals surface area contributed by atoms with Crippen LogP contribution in [0.5, 0.6) is 0 Å². The summed E-state index contributed by atoms with van der Waals surface area (Å²) in [5.74, 6) is -2.29. The third-order valence-electron chi connectivity index (χ3n) is 3.48. The van der Waals surface area contributed by atoms with Crippen molar-refractivity contribution in [2.75, 3.05) is 13.2 Å². The fraction of sp³-hybridized carbons (Fsp3) is 0.750. The summed E-state index contributed by atoms with van der Waals surface area (Å²) in [4.78, 5) is 47.8. The first kappa shape index (κ1) is 20.9. The molecule has 0 aliphatic carbocycles. The first-order valence-corrected chi connectivity index (χ1v) is 8.32. The summed E-state index contributed by atoms with van der Waals surface area (Å²) >= 11 is 0. The molecule has 0 aromatic carbocycles. The summed E-state index contributed by atoms with van der Waals surface area (Å²) < 4.78 is 5.11. The van der Waals surface area contributed by atoms with Crippen LogP contribution < -0.4 is 21.5 Å². The highest BCUT2D eigenvalue weighted by Gasteiger charge is 2.32. The summed E-state index contributed by atoms with van der Waals surface area (Å²) in [5.41, 5.74) is 4.62. The van der Waals surface area contributed by atoms with E-state index in [1.54, 1.807) is 13.8 Å². The highest BCUT2D eigenvalue weighted by atomic mass is 16.5. The van der Waals surface area contributed by atoms with E-state index >= 15 is 0 Å². The van der Waals surface area contributed by atoms with Crippen LogP contribution in [-0.2, 0) is 19.1 Å². The molecule has 0 bridgehead atoms. The molecule has 1 heterocycles. The molecule has 1 fully saturated rings. The van der Waals surface area contributed by atoms with E-state index in [0.717, 1.165) is 0 Å². The number of hydrazine groups is 1. The van der Waals surface area contributed by atoms with Crippen LogP contribution >= 0.6 is 0 Å². The summed E-state index contributed by atoms with van der Waals surface area (Å²) in [6.45, 7) is 9.83. The maximum Gasteiger partial charge on any atom is 0.407 e. The molecule has 1 aliphatic rings. The molecule has 9 heteroatoms. The van der Waals surface area contributed by atoms with Crippen molar-refractivity contribution in [3.63, 3.8) is 0 Å². The quantitative estimate of drug-likeness (QED) is 0.508. The van der Waals surface area contributed by atoms with Crippen molar-refractivity contribution in [3.8, 4) is 0 Å². The molecule has 142 valence electrons. The molecule has 1 rings (SSSR count). The lowest BCUT2D eigenvalue weighted by Gasteiger charge is -2.25. The average Bonchev–Trinajstić information content (AvgIpc) is 2.65. The monoisotopic (exact) mass is 356 g/mol. The van der Waals surface area contributed by atoms with Gasteiger partial charge >= 0.3 is 12.0 Å². The highest BCUT2D eigenvalue weighted by molar-refractivity contribution is 6.38. The Morgan fingerprint density at radius 2 is 1.92 bits per heavy atom. The number of Topliss-reactive ketones (excluding diaryl/α,β-unsaturated/α-hetero) is 1. The van der Waals surface area contributed by atoms with Crippen LogP contribution in [0.1, 0.15) is 41.0 Å². The Morgan fingerprint density at radius 3 is 2.48 bits per heavy atom. The minimum absolute atomic E-state index is 0.194. The minimum atomic E-state index is -0.934. The van der Waals surface area contributed by atoms with Gasteiger partial charge in [-0.2, -0.15) is 0 Å². The van der Waals surface area contributed by atoms with E-state index in [0.29, 0.717) is 6.54 Å². The summed E-state index contributed by atoms with van der Waals surface area (Å²) in [5, 5.41) is 5.06. The molecule has 25 heavy (non-hydrogen) atoms. The van der Waals surface area contributed by atoms with Crippen molar-refractivity contribution in [2.45, 2.75) is 53.1 Å². The molecular weight excluding hydrogens is 328 g/mol. The van der Waals surface area contributed by atoms with Crippen LogP contribution in [0.3, 0.4) is 0 Å². The summed E-state index contributed by atoms with van der Waals surface area (Å²) in [7, 11) is 0. The van der Waals surface area contributed by atoms with Gasteiger partial charge in [-0.3, -0.25) is 19.8 Å². The zero-order valence-electron chi connectivity index (χ0n) is 15.4. The normalized spacial score (nSPS) is 19.7. The van der Waals surface area contributed by atoms with Gasteiger partial charge in [0.1, 0.15) is 6.04 Å². The fourth-order valence-corrected chi connectivity index (χ4v) is 2.10. The van der Waals surface area contributed by atoms with Crippen molar-refractivity contribution < 1.29 is 23.9 Å². The molecule has 2 unspecified atom stereocenters. The minimum Gasteiger partial charge on any atom is -0.449 e. The standard InChI is InChI=1S/C16H28N4O5/c1-9(2)11(19-15(24)25-8-16(3,4)5)13(22)18-10-6-7-17-20-14(23)12(10)21/h9-11,17H,6-8H2,1-5H3,(H,18,22)(H,19,24)(H,20,23). The Balaban J connectivity index is 2.68. The van der Waals surface area contributed by atoms with Crippen molar-refractivity contribution in [3.05, 3.63) is 0 Å². The molecule has 9 nitrogen and oxygen atoms in total. The van der Waals surface area contributed by atoms with E-state index in [1.165, 1.54) is 0 Å². The van der Waals surface area contributed by atoms with Crippen LogP contribution in [0, 0.1) is 11.3 Å². The van der Waals surface area contributed by atoms with Gasteiger partial charge in [-0.25, -0.2) is 10.2 Å². The Labute approximate surface area is 147 Å². The fourth-order valence-electron chi connectivity index (χ4n) is 2.10. The lowest BCUT2D eigenvalue weighted by molar-refractivity contribution is -0.140. The molecule has 0 aromatic heterocycles. The summed E-state index contributed by atoms with van der Waals surface area (Å²) in [6.07, 6.45) is -0.432. The molecule has 0 radical (unpaired) electrons. The molecule has 1 saturated heterocycles. The van der Waals surface area contributed by atoms with E-state index in [9.17, 15) is 19.2 Å². The zero-order valence-corrected chi connectivity index (χ0v) is 15.4.